The molecule has 1 aromatic heterocycles. The largest absolute Gasteiger partial charge is 0.379 e. The molecule has 0 spiro atoms. The number of ether oxygens (including phenoxy) is 1. The number of nitrogens with zero attached hydrogens (tertiary/aromatic N) is 3. The number of rotatable bonds is 9. The van der Waals surface area contributed by atoms with Crippen LogP contribution >= 0.6 is 11.6 Å². The van der Waals surface area contributed by atoms with Crippen molar-refractivity contribution in [2.45, 2.75) is 31.8 Å². The maximum absolute atomic E-state index is 13.0. The maximum atomic E-state index is 13.0. The summed E-state index contributed by atoms with van der Waals surface area (Å²) in [7, 11) is 0. The topological polar surface area (TPSA) is 57.7 Å². The number of halogens is 1. The molecule has 5 rings (SSSR count). The van der Waals surface area contributed by atoms with Gasteiger partial charge in [-0.2, -0.15) is 0 Å². The van der Waals surface area contributed by atoms with Gasteiger partial charge in [-0.15, -0.1) is 0 Å². The van der Waals surface area contributed by atoms with Gasteiger partial charge in [-0.3, -0.25) is 19.6 Å². The van der Waals surface area contributed by atoms with E-state index in [1.807, 2.05) is 72.8 Å². The van der Waals surface area contributed by atoms with Crippen LogP contribution in [0.15, 0.2) is 72.9 Å². The first-order valence-electron chi connectivity index (χ1n) is 13.9. The van der Waals surface area contributed by atoms with E-state index in [9.17, 15) is 4.79 Å². The smallest absolute Gasteiger partial charge is 0.224 e. The van der Waals surface area contributed by atoms with E-state index < -0.39 is 0 Å². The third-order valence-electron chi connectivity index (χ3n) is 7.72. The van der Waals surface area contributed by atoms with Crippen LogP contribution in [0.25, 0.3) is 12.2 Å². The summed E-state index contributed by atoms with van der Waals surface area (Å²) < 4.78 is 5.61. The predicted molar refractivity (Wildman–Crippen MR) is 158 cm³/mol. The van der Waals surface area contributed by atoms with Crippen molar-refractivity contribution in [3.8, 4) is 0 Å². The Bertz CT molecular complexity index is 1230. The minimum Gasteiger partial charge on any atom is -0.379 e. The molecule has 2 aliphatic heterocycles. The average molecular weight is 545 g/mol. The molecule has 7 heteroatoms. The summed E-state index contributed by atoms with van der Waals surface area (Å²) in [5, 5.41) is 3.92. The number of benzene rings is 2. The zero-order chi connectivity index (χ0) is 26.9. The fraction of sp³-hybridized carbons (Fsp3) is 0.375. The minimum absolute atomic E-state index is 0.0655. The van der Waals surface area contributed by atoms with Gasteiger partial charge in [-0.05, 0) is 72.8 Å². The molecule has 2 fully saturated rings. The molecule has 3 heterocycles. The van der Waals surface area contributed by atoms with E-state index in [0.29, 0.717) is 18.4 Å². The zero-order valence-electron chi connectivity index (χ0n) is 22.3. The number of amides is 1. The fourth-order valence-corrected chi connectivity index (χ4v) is 5.85. The monoisotopic (exact) mass is 544 g/mol. The zero-order valence-corrected chi connectivity index (χ0v) is 23.1. The van der Waals surface area contributed by atoms with Crippen molar-refractivity contribution in [2.24, 2.45) is 5.92 Å². The van der Waals surface area contributed by atoms with Crippen LogP contribution in [0, 0.1) is 5.92 Å². The van der Waals surface area contributed by atoms with Crippen LogP contribution < -0.4 is 5.32 Å². The van der Waals surface area contributed by atoms with E-state index in [4.69, 9.17) is 16.3 Å². The van der Waals surface area contributed by atoms with Gasteiger partial charge in [0.25, 0.3) is 0 Å². The molecule has 3 aromatic rings. The van der Waals surface area contributed by atoms with Gasteiger partial charge >= 0.3 is 0 Å². The Kier molecular flexibility index (Phi) is 9.78. The number of carbonyl (C=O) groups is 1. The molecule has 2 aliphatic rings. The van der Waals surface area contributed by atoms with Gasteiger partial charge < -0.3 is 10.1 Å². The summed E-state index contributed by atoms with van der Waals surface area (Å²) in [6.45, 7) is 6.38. The molecule has 0 bridgehead atoms. The number of carbonyl (C=O) groups excluding carboxylic acids is 1. The Hall–Kier alpha value is -3.03. The summed E-state index contributed by atoms with van der Waals surface area (Å²) in [5.41, 5.74) is 3.97. The molecule has 1 amide bonds. The number of likely N-dealkylation sites (tertiary alicyclic amines) is 1. The molecule has 2 atom stereocenters. The van der Waals surface area contributed by atoms with Crippen LogP contribution in [0.5, 0.6) is 0 Å². The Morgan fingerprint density at radius 3 is 2.56 bits per heavy atom. The number of nitrogens with one attached hydrogen (secondary N) is 1. The van der Waals surface area contributed by atoms with Crippen LogP contribution in [-0.4, -0.2) is 66.1 Å². The summed E-state index contributed by atoms with van der Waals surface area (Å²) in [4.78, 5) is 22.3. The lowest BCUT2D eigenvalue weighted by Crippen LogP contribution is -2.53. The second-order valence-electron chi connectivity index (χ2n) is 10.4. The standard InChI is InChI=1S/C32H37ClN4O2/c33-30-7-2-1-5-26(30)23-36-18-16-31(37-19-21-39-22-20-37)27(24-36)11-15-32(38)35-29-13-9-25(10-14-29)8-12-28-6-3-4-17-34-28/h1-10,12-14,17,27,31H,11,15-16,18-24H2,(H,35,38)/b12-8+/t27-,31+/m1/s1. The molecule has 0 radical (unpaired) electrons. The Morgan fingerprint density at radius 1 is 1.00 bits per heavy atom. The quantitative estimate of drug-likeness (QED) is 0.366. The van der Waals surface area contributed by atoms with Crippen molar-refractivity contribution in [2.75, 3.05) is 44.7 Å². The molecule has 39 heavy (non-hydrogen) atoms. The molecular formula is C32H37ClN4O2. The summed E-state index contributed by atoms with van der Waals surface area (Å²) in [6.07, 6.45) is 8.26. The number of hydrogen-bond donors (Lipinski definition) is 1. The van der Waals surface area contributed by atoms with Gasteiger partial charge in [0.15, 0.2) is 0 Å². The van der Waals surface area contributed by atoms with Gasteiger partial charge in [0.1, 0.15) is 0 Å². The first kappa shape index (κ1) is 27.5. The van der Waals surface area contributed by atoms with E-state index in [1.54, 1.807) is 6.20 Å². The first-order valence-corrected chi connectivity index (χ1v) is 14.3. The highest BCUT2D eigenvalue weighted by Gasteiger charge is 2.34. The summed E-state index contributed by atoms with van der Waals surface area (Å²) in [5.74, 6) is 0.486. The van der Waals surface area contributed by atoms with Crippen molar-refractivity contribution in [1.82, 2.24) is 14.8 Å². The summed E-state index contributed by atoms with van der Waals surface area (Å²) in [6, 6.07) is 22.4. The average Bonchev–Trinajstić information content (AvgIpc) is 2.98. The van der Waals surface area contributed by atoms with Crippen molar-refractivity contribution in [3.05, 3.63) is 94.8 Å². The third-order valence-corrected chi connectivity index (χ3v) is 8.08. The highest BCUT2D eigenvalue weighted by Crippen LogP contribution is 2.29. The number of anilines is 1. The van der Waals surface area contributed by atoms with Gasteiger partial charge in [-0.1, -0.05) is 54.1 Å². The van der Waals surface area contributed by atoms with Gasteiger partial charge in [0, 0.05) is 55.5 Å². The molecule has 1 N–H and O–H groups in total. The molecule has 0 saturated carbocycles. The number of piperidine rings is 1. The molecule has 2 aromatic carbocycles. The SMILES string of the molecule is O=C(CC[C@@H]1CN(Cc2ccccc2Cl)CC[C@@H]1N1CCOCC1)Nc1ccc(/C=C/c2ccccn2)cc1. The second-order valence-corrected chi connectivity index (χ2v) is 10.8. The summed E-state index contributed by atoms with van der Waals surface area (Å²) >= 11 is 6.46. The van der Waals surface area contributed by atoms with Gasteiger partial charge in [0.05, 0.1) is 18.9 Å². The first-order chi connectivity index (χ1) is 19.1. The lowest BCUT2D eigenvalue weighted by atomic mass is 9.86. The Balaban J connectivity index is 1.17. The number of aromatic nitrogens is 1. The van der Waals surface area contributed by atoms with Crippen molar-refractivity contribution < 1.29 is 9.53 Å². The van der Waals surface area contributed by atoms with Crippen LogP contribution in [0.4, 0.5) is 5.69 Å². The molecule has 2 saturated heterocycles. The van der Waals surface area contributed by atoms with Crippen LogP contribution in [0.1, 0.15) is 36.1 Å². The lowest BCUT2D eigenvalue weighted by molar-refractivity contribution is -0.116. The number of hydrogen-bond acceptors (Lipinski definition) is 5. The van der Waals surface area contributed by atoms with Crippen molar-refractivity contribution >= 4 is 35.3 Å². The fourth-order valence-electron chi connectivity index (χ4n) is 5.65. The molecular weight excluding hydrogens is 508 g/mol. The van der Waals surface area contributed by atoms with E-state index in [0.717, 1.165) is 80.7 Å². The second kappa shape index (κ2) is 13.9. The Labute approximate surface area is 236 Å². The van der Waals surface area contributed by atoms with Crippen molar-refractivity contribution in [3.63, 3.8) is 0 Å². The predicted octanol–water partition coefficient (Wildman–Crippen LogP) is 5.85. The Morgan fingerprint density at radius 2 is 1.79 bits per heavy atom. The third kappa shape index (κ3) is 7.99. The van der Waals surface area contributed by atoms with Crippen LogP contribution in [0.2, 0.25) is 5.02 Å². The van der Waals surface area contributed by atoms with Gasteiger partial charge in [-0.25, -0.2) is 0 Å². The molecule has 0 aliphatic carbocycles. The van der Waals surface area contributed by atoms with E-state index >= 15 is 0 Å². The van der Waals surface area contributed by atoms with E-state index in [1.165, 1.54) is 5.56 Å². The van der Waals surface area contributed by atoms with Crippen LogP contribution in [0.3, 0.4) is 0 Å². The highest BCUT2D eigenvalue weighted by atomic mass is 35.5. The maximum Gasteiger partial charge on any atom is 0.224 e. The van der Waals surface area contributed by atoms with E-state index in [-0.39, 0.29) is 5.91 Å². The highest BCUT2D eigenvalue weighted by molar-refractivity contribution is 6.31. The van der Waals surface area contributed by atoms with Gasteiger partial charge in [0.2, 0.25) is 5.91 Å². The van der Waals surface area contributed by atoms with Crippen LogP contribution in [-0.2, 0) is 16.1 Å². The molecule has 204 valence electrons. The molecule has 0 unspecified atom stereocenters. The van der Waals surface area contributed by atoms with Crippen molar-refractivity contribution in [1.29, 1.82) is 0 Å². The lowest BCUT2D eigenvalue weighted by Gasteiger charge is -2.45. The molecule has 6 nitrogen and oxygen atoms in total. The normalized spacial score (nSPS) is 20.7. The number of morpholine rings is 1. The number of pyridine rings is 1. The van der Waals surface area contributed by atoms with E-state index in [2.05, 4.69) is 26.2 Å². The minimum atomic E-state index is 0.0655.